The molecule has 0 rings (SSSR count). The standard InChI is InChI=1S/C9H20FO2P/c1-3-5-6-7-8-9-12-13(10,11)4-2/h3-9H2,1-2H3. The van der Waals surface area contributed by atoms with Crippen LogP contribution in [0.1, 0.15) is 46.0 Å². The molecule has 13 heavy (non-hydrogen) atoms. The van der Waals surface area contributed by atoms with Gasteiger partial charge in [0.2, 0.25) is 0 Å². The van der Waals surface area contributed by atoms with Crippen molar-refractivity contribution in [3.8, 4) is 0 Å². The van der Waals surface area contributed by atoms with Gasteiger partial charge in [-0.1, -0.05) is 39.5 Å². The average Bonchev–Trinajstić information content (AvgIpc) is 2.11. The van der Waals surface area contributed by atoms with Gasteiger partial charge in [0, 0.05) is 0 Å². The first kappa shape index (κ1) is 13.1. The zero-order valence-electron chi connectivity index (χ0n) is 8.59. The molecule has 0 saturated carbocycles. The fourth-order valence-corrected chi connectivity index (χ4v) is 1.58. The third kappa shape index (κ3) is 8.45. The maximum absolute atomic E-state index is 12.7. The lowest BCUT2D eigenvalue weighted by Gasteiger charge is -2.06. The van der Waals surface area contributed by atoms with Crippen LogP contribution in [0, 0.1) is 0 Å². The summed E-state index contributed by atoms with van der Waals surface area (Å²) >= 11 is 0. The molecule has 0 aliphatic carbocycles. The molecule has 0 amide bonds. The second kappa shape index (κ2) is 7.52. The summed E-state index contributed by atoms with van der Waals surface area (Å²) in [6.07, 6.45) is 5.40. The van der Waals surface area contributed by atoms with Crippen molar-refractivity contribution in [2.24, 2.45) is 0 Å². The van der Waals surface area contributed by atoms with Crippen LogP contribution in [-0.4, -0.2) is 12.8 Å². The number of hydrogen-bond donors (Lipinski definition) is 0. The van der Waals surface area contributed by atoms with Crippen LogP contribution < -0.4 is 0 Å². The van der Waals surface area contributed by atoms with Crippen molar-refractivity contribution >= 4 is 7.68 Å². The summed E-state index contributed by atoms with van der Waals surface area (Å²) in [4.78, 5) is 0. The third-order valence-electron chi connectivity index (χ3n) is 1.91. The van der Waals surface area contributed by atoms with Gasteiger partial charge >= 0.3 is 7.68 Å². The second-order valence-electron chi connectivity index (χ2n) is 3.15. The molecule has 0 aliphatic heterocycles. The Kier molecular flexibility index (Phi) is 7.59. The molecule has 0 aromatic heterocycles. The van der Waals surface area contributed by atoms with Crippen LogP contribution in [0.3, 0.4) is 0 Å². The highest BCUT2D eigenvalue weighted by Crippen LogP contribution is 2.47. The van der Waals surface area contributed by atoms with Gasteiger partial charge in [0.1, 0.15) is 0 Å². The lowest BCUT2D eigenvalue weighted by molar-refractivity contribution is 0.278. The van der Waals surface area contributed by atoms with E-state index in [1.807, 2.05) is 0 Å². The molecule has 2 nitrogen and oxygen atoms in total. The molecule has 0 saturated heterocycles. The van der Waals surface area contributed by atoms with Crippen molar-refractivity contribution in [3.63, 3.8) is 0 Å². The van der Waals surface area contributed by atoms with Crippen molar-refractivity contribution in [2.75, 3.05) is 12.8 Å². The highest BCUT2D eigenvalue weighted by molar-refractivity contribution is 7.53. The van der Waals surface area contributed by atoms with Crippen LogP contribution in [-0.2, 0) is 9.09 Å². The fourth-order valence-electron chi connectivity index (χ4n) is 0.998. The summed E-state index contributed by atoms with van der Waals surface area (Å²) < 4.78 is 28.2. The lowest BCUT2D eigenvalue weighted by atomic mass is 10.2. The first-order chi connectivity index (χ1) is 6.12. The van der Waals surface area contributed by atoms with E-state index in [4.69, 9.17) is 0 Å². The van der Waals surface area contributed by atoms with E-state index in [1.54, 1.807) is 0 Å². The van der Waals surface area contributed by atoms with E-state index in [2.05, 4.69) is 11.4 Å². The van der Waals surface area contributed by atoms with Crippen molar-refractivity contribution in [1.82, 2.24) is 0 Å². The maximum Gasteiger partial charge on any atom is 0.367 e. The summed E-state index contributed by atoms with van der Waals surface area (Å²) in [5.74, 6) is 0. The van der Waals surface area contributed by atoms with E-state index >= 15 is 0 Å². The van der Waals surface area contributed by atoms with Crippen LogP contribution in [0.5, 0.6) is 0 Å². The molecular formula is C9H20FO2P. The molecule has 4 heteroatoms. The van der Waals surface area contributed by atoms with Gasteiger partial charge in [-0.15, -0.1) is 0 Å². The summed E-state index contributed by atoms with van der Waals surface area (Å²) in [6.45, 7) is 3.98. The monoisotopic (exact) mass is 210 g/mol. The minimum absolute atomic E-state index is 0.0119. The Hall–Kier alpha value is 0.120. The minimum Gasteiger partial charge on any atom is -0.306 e. The van der Waals surface area contributed by atoms with Gasteiger partial charge in [0.15, 0.2) is 0 Å². The smallest absolute Gasteiger partial charge is 0.306 e. The van der Waals surface area contributed by atoms with Crippen LogP contribution in [0.4, 0.5) is 4.20 Å². The third-order valence-corrected chi connectivity index (χ3v) is 3.23. The molecule has 1 atom stereocenters. The Labute approximate surface area is 80.4 Å². The molecule has 0 bridgehead atoms. The predicted molar refractivity (Wildman–Crippen MR) is 54.0 cm³/mol. The molecule has 0 fully saturated rings. The van der Waals surface area contributed by atoms with Gasteiger partial charge in [-0.05, 0) is 6.42 Å². The normalized spacial score (nSPS) is 15.6. The summed E-state index contributed by atoms with van der Waals surface area (Å²) in [5, 5.41) is 0. The SMILES string of the molecule is CCCCCCCOP(=O)(F)CC. The van der Waals surface area contributed by atoms with Gasteiger partial charge in [-0.25, -0.2) is 0 Å². The first-order valence-corrected chi connectivity index (χ1v) is 6.75. The largest absolute Gasteiger partial charge is 0.367 e. The fraction of sp³-hybridized carbons (Fsp3) is 1.00. The topological polar surface area (TPSA) is 26.3 Å². The van der Waals surface area contributed by atoms with Gasteiger partial charge in [-0.2, -0.15) is 4.20 Å². The number of rotatable bonds is 8. The lowest BCUT2D eigenvalue weighted by Crippen LogP contribution is -1.92. The number of hydrogen-bond acceptors (Lipinski definition) is 2. The molecule has 0 N–H and O–H groups in total. The molecule has 0 spiro atoms. The molecule has 0 aliphatic rings. The molecular weight excluding hydrogens is 190 g/mol. The van der Waals surface area contributed by atoms with Crippen LogP contribution in [0.25, 0.3) is 0 Å². The van der Waals surface area contributed by atoms with Gasteiger partial charge < -0.3 is 4.52 Å². The van der Waals surface area contributed by atoms with Crippen molar-refractivity contribution in [3.05, 3.63) is 0 Å². The highest BCUT2D eigenvalue weighted by Gasteiger charge is 2.17. The average molecular weight is 210 g/mol. The summed E-state index contributed by atoms with van der Waals surface area (Å²) in [5.41, 5.74) is 0. The van der Waals surface area contributed by atoms with Crippen LogP contribution >= 0.6 is 7.68 Å². The first-order valence-electron chi connectivity index (χ1n) is 5.05. The molecule has 0 aromatic carbocycles. The van der Waals surface area contributed by atoms with Crippen molar-refractivity contribution < 1.29 is 13.3 Å². The molecule has 0 heterocycles. The quantitative estimate of drug-likeness (QED) is 0.444. The Morgan fingerprint density at radius 2 is 1.77 bits per heavy atom. The summed E-state index contributed by atoms with van der Waals surface area (Å²) in [7, 11) is -3.73. The zero-order valence-corrected chi connectivity index (χ0v) is 9.49. The molecule has 1 unspecified atom stereocenters. The van der Waals surface area contributed by atoms with E-state index in [0.717, 1.165) is 19.3 Å². The molecule has 80 valence electrons. The van der Waals surface area contributed by atoms with Crippen LogP contribution in [0.15, 0.2) is 0 Å². The Bertz CT molecular complexity index is 162. The van der Waals surface area contributed by atoms with Crippen molar-refractivity contribution in [2.45, 2.75) is 46.0 Å². The van der Waals surface area contributed by atoms with E-state index in [9.17, 15) is 8.76 Å². The van der Waals surface area contributed by atoms with E-state index in [-0.39, 0.29) is 6.16 Å². The number of halogens is 1. The molecule has 0 radical (unpaired) electrons. The van der Waals surface area contributed by atoms with Gasteiger partial charge in [0.05, 0.1) is 12.8 Å². The zero-order chi connectivity index (χ0) is 10.2. The van der Waals surface area contributed by atoms with Gasteiger partial charge in [-0.3, -0.25) is 4.57 Å². The Morgan fingerprint density at radius 1 is 1.15 bits per heavy atom. The van der Waals surface area contributed by atoms with E-state index in [0.29, 0.717) is 6.61 Å². The Morgan fingerprint density at radius 3 is 2.31 bits per heavy atom. The number of unbranched alkanes of at least 4 members (excludes halogenated alkanes) is 4. The Balaban J connectivity index is 3.21. The minimum atomic E-state index is -3.73. The van der Waals surface area contributed by atoms with Crippen LogP contribution in [0.2, 0.25) is 0 Å². The summed E-state index contributed by atoms with van der Waals surface area (Å²) in [6, 6.07) is 0. The van der Waals surface area contributed by atoms with E-state index in [1.165, 1.54) is 19.8 Å². The highest BCUT2D eigenvalue weighted by atomic mass is 31.2. The van der Waals surface area contributed by atoms with Crippen molar-refractivity contribution in [1.29, 1.82) is 0 Å². The van der Waals surface area contributed by atoms with E-state index < -0.39 is 7.68 Å². The maximum atomic E-state index is 12.7. The predicted octanol–water partition coefficient (Wildman–Crippen LogP) is 4.16. The van der Waals surface area contributed by atoms with Gasteiger partial charge in [0.25, 0.3) is 0 Å². The second-order valence-corrected chi connectivity index (χ2v) is 5.23. The molecule has 0 aromatic rings.